The van der Waals surface area contributed by atoms with Crippen LogP contribution in [0.4, 0.5) is 0 Å². The highest BCUT2D eigenvalue weighted by molar-refractivity contribution is 7.81. The lowest BCUT2D eigenvalue weighted by Crippen LogP contribution is -2.32. The summed E-state index contributed by atoms with van der Waals surface area (Å²) < 4.78 is 0. The average molecular weight is 869 g/mol. The van der Waals surface area contributed by atoms with Gasteiger partial charge in [0.1, 0.15) is 13.7 Å². The van der Waals surface area contributed by atoms with Gasteiger partial charge < -0.3 is 5.32 Å². The maximum Gasteiger partial charge on any atom is 0.129 e. The van der Waals surface area contributed by atoms with Gasteiger partial charge in [0.25, 0.3) is 0 Å². The molecular formula is C57H49BN2S3. The number of benzene rings is 7. The Hall–Kier alpha value is -5.40. The minimum atomic E-state index is -0.299. The van der Waals surface area contributed by atoms with E-state index in [4.69, 9.17) is 50.7 Å². The fourth-order valence-corrected chi connectivity index (χ4v) is 11.6. The number of amidine groups is 1. The van der Waals surface area contributed by atoms with Crippen molar-refractivity contribution < 1.29 is 0 Å². The first kappa shape index (κ1) is 41.6. The van der Waals surface area contributed by atoms with Crippen LogP contribution < -0.4 is 10.8 Å². The molecule has 0 saturated carbocycles. The summed E-state index contributed by atoms with van der Waals surface area (Å²) in [5.74, 6) is 1.30. The zero-order valence-electron chi connectivity index (χ0n) is 35.9. The molecule has 2 radical (unpaired) electrons. The first-order chi connectivity index (χ1) is 30.7. The number of hydrogen-bond donors (Lipinski definition) is 4. The van der Waals surface area contributed by atoms with E-state index in [1.807, 2.05) is 7.05 Å². The van der Waals surface area contributed by atoms with Crippen molar-refractivity contribution in [3.05, 3.63) is 196 Å². The van der Waals surface area contributed by atoms with Gasteiger partial charge in [0.15, 0.2) is 0 Å². The molecule has 0 heterocycles. The Morgan fingerprint density at radius 1 is 0.667 bits per heavy atom. The second-order valence-electron chi connectivity index (χ2n) is 17.2. The molecule has 1 N–H and O–H groups in total. The number of rotatable bonds is 8. The molecular weight excluding hydrogens is 820 g/mol. The third-order valence-corrected chi connectivity index (χ3v) is 15.2. The van der Waals surface area contributed by atoms with Gasteiger partial charge in [-0.05, 0) is 141 Å². The van der Waals surface area contributed by atoms with Crippen LogP contribution in [0.3, 0.4) is 0 Å². The van der Waals surface area contributed by atoms with Gasteiger partial charge in [0.2, 0.25) is 0 Å². The van der Waals surface area contributed by atoms with E-state index < -0.39 is 0 Å². The van der Waals surface area contributed by atoms with E-state index in [2.05, 4.69) is 165 Å². The molecule has 2 atom stereocenters. The van der Waals surface area contributed by atoms with Gasteiger partial charge in [0, 0.05) is 39.3 Å². The summed E-state index contributed by atoms with van der Waals surface area (Å²) in [5.41, 5.74) is 21.6. The summed E-state index contributed by atoms with van der Waals surface area (Å²) in [6, 6.07) is 45.5. The number of hydrogen-bond acceptors (Lipinski definition) is 4. The van der Waals surface area contributed by atoms with E-state index in [9.17, 15) is 0 Å². The Bertz CT molecular complexity index is 3020. The van der Waals surface area contributed by atoms with Crippen LogP contribution in [0.25, 0.3) is 50.1 Å². The SMILES string of the molecule is [B]c1c(S)c(C(NC(=NC)C2=CCc3ccccc32)c2ccc(-c3ccccc3)cc2)c(C)c2c1-c1c(C)c(S)c(-c3cc(-c4ccccc4)cc(C4CC=CCC4)c3)c(S)c1C2. The van der Waals surface area contributed by atoms with E-state index in [0.717, 1.165) is 102 Å². The van der Waals surface area contributed by atoms with E-state index in [1.165, 1.54) is 44.5 Å². The van der Waals surface area contributed by atoms with Gasteiger partial charge >= 0.3 is 0 Å². The number of aliphatic imine (C=N–C) groups is 1. The zero-order valence-corrected chi connectivity index (χ0v) is 38.6. The zero-order chi connectivity index (χ0) is 43.4. The lowest BCUT2D eigenvalue weighted by atomic mass is 9.79. The molecule has 0 spiro atoms. The van der Waals surface area contributed by atoms with E-state index in [0.29, 0.717) is 17.8 Å². The van der Waals surface area contributed by atoms with Crippen LogP contribution in [0.2, 0.25) is 0 Å². The number of thiol groups is 3. The molecule has 7 aromatic carbocycles. The summed E-state index contributed by atoms with van der Waals surface area (Å²) in [5, 5.41) is 3.96. The lowest BCUT2D eigenvalue weighted by Gasteiger charge is -2.29. The van der Waals surface area contributed by atoms with Crippen molar-refractivity contribution in [2.45, 2.75) is 72.6 Å². The summed E-state index contributed by atoms with van der Waals surface area (Å²) in [6.07, 6.45) is 11.8. The van der Waals surface area contributed by atoms with Crippen LogP contribution in [0.15, 0.2) is 165 Å². The second-order valence-corrected chi connectivity index (χ2v) is 18.5. The molecule has 3 aliphatic rings. The maximum absolute atomic E-state index is 7.39. The van der Waals surface area contributed by atoms with Gasteiger partial charge in [-0.15, -0.1) is 37.9 Å². The molecule has 10 rings (SSSR count). The standard InChI is InChI=1S/C57H49BN2S3/c1-33-46-32-47-48(34(2)54(61)50(55(47)62)43-30-41(36-17-9-5-10-18-36)29-42(31-43)37-19-11-6-12-20-37)51(46)52(58)56(63)49(33)53(40-25-23-38(24-26-40)35-15-7-4-8-16-35)60-57(59-3)45-28-27-39-21-13-14-22-44(39)45/h4-11,13-18,21-26,28-31,37,53,61-63H,12,19-20,27,32H2,1-3H3,(H,59,60). The molecule has 2 nitrogen and oxygen atoms in total. The molecule has 0 saturated heterocycles. The lowest BCUT2D eigenvalue weighted by molar-refractivity contribution is 0.617. The molecule has 0 aliphatic heterocycles. The molecule has 0 aromatic heterocycles. The first-order valence-corrected chi connectivity index (χ1v) is 23.3. The maximum atomic E-state index is 7.39. The number of fused-ring (bicyclic) bond motifs is 4. The van der Waals surface area contributed by atoms with Crippen molar-refractivity contribution in [1.29, 1.82) is 0 Å². The van der Waals surface area contributed by atoms with Crippen molar-refractivity contribution in [2.75, 3.05) is 7.05 Å². The molecule has 3 aliphatic carbocycles. The molecule has 0 bridgehead atoms. The van der Waals surface area contributed by atoms with E-state index >= 15 is 0 Å². The Labute approximate surface area is 390 Å². The van der Waals surface area contributed by atoms with E-state index in [-0.39, 0.29) is 6.04 Å². The second kappa shape index (κ2) is 17.3. The van der Waals surface area contributed by atoms with Crippen LogP contribution >= 0.6 is 37.9 Å². The largest absolute Gasteiger partial charge is 0.359 e. The van der Waals surface area contributed by atoms with Gasteiger partial charge in [-0.1, -0.05) is 145 Å². The molecule has 308 valence electrons. The molecule has 2 unspecified atom stereocenters. The van der Waals surface area contributed by atoms with Crippen molar-refractivity contribution in [3.8, 4) is 44.5 Å². The smallest absolute Gasteiger partial charge is 0.129 e. The van der Waals surface area contributed by atoms with Gasteiger partial charge in [-0.2, -0.15) is 0 Å². The van der Waals surface area contributed by atoms with Gasteiger partial charge in [-0.25, -0.2) is 0 Å². The van der Waals surface area contributed by atoms with Gasteiger partial charge in [0.05, 0.1) is 6.04 Å². The molecule has 0 amide bonds. The summed E-state index contributed by atoms with van der Waals surface area (Å²) in [6.45, 7) is 4.43. The van der Waals surface area contributed by atoms with Crippen molar-refractivity contribution in [1.82, 2.24) is 5.32 Å². The third kappa shape index (κ3) is 7.44. The highest BCUT2D eigenvalue weighted by Gasteiger charge is 2.34. The quantitative estimate of drug-likeness (QED) is 0.0395. The Morgan fingerprint density at radius 3 is 2.03 bits per heavy atom. The van der Waals surface area contributed by atoms with Crippen LogP contribution in [-0.4, -0.2) is 20.7 Å². The van der Waals surface area contributed by atoms with Crippen molar-refractivity contribution in [2.24, 2.45) is 4.99 Å². The summed E-state index contributed by atoms with van der Waals surface area (Å²) in [4.78, 5) is 7.56. The fourth-order valence-electron chi connectivity index (χ4n) is 10.3. The molecule has 0 fully saturated rings. The monoisotopic (exact) mass is 868 g/mol. The average Bonchev–Trinajstić information content (AvgIpc) is 3.96. The van der Waals surface area contributed by atoms with Crippen LogP contribution in [0.1, 0.15) is 81.3 Å². The minimum Gasteiger partial charge on any atom is -0.359 e. The van der Waals surface area contributed by atoms with E-state index in [1.54, 1.807) is 0 Å². The molecule has 63 heavy (non-hydrogen) atoms. The predicted octanol–water partition coefficient (Wildman–Crippen LogP) is 13.7. The Morgan fingerprint density at radius 2 is 1.33 bits per heavy atom. The van der Waals surface area contributed by atoms with Crippen LogP contribution in [0.5, 0.6) is 0 Å². The fraction of sp³-hybridized carbons (Fsp3) is 0.175. The normalized spacial score (nSPS) is 15.7. The summed E-state index contributed by atoms with van der Waals surface area (Å²) >= 11 is 16.2. The van der Waals surface area contributed by atoms with Crippen LogP contribution in [-0.2, 0) is 12.8 Å². The number of nitrogens with one attached hydrogen (secondary N) is 1. The number of allylic oxidation sites excluding steroid dienone is 3. The highest BCUT2D eigenvalue weighted by Crippen LogP contribution is 2.51. The van der Waals surface area contributed by atoms with Crippen LogP contribution in [0, 0.1) is 13.8 Å². The molecule has 7 aromatic rings. The predicted molar refractivity (Wildman–Crippen MR) is 276 cm³/mol. The third-order valence-electron chi connectivity index (χ3n) is 13.7. The molecule has 6 heteroatoms. The Balaban J connectivity index is 1.10. The highest BCUT2D eigenvalue weighted by atomic mass is 32.1. The van der Waals surface area contributed by atoms with Crippen molar-refractivity contribution >= 4 is 62.6 Å². The Kier molecular flexibility index (Phi) is 11.4. The topological polar surface area (TPSA) is 24.4 Å². The van der Waals surface area contributed by atoms with Crippen molar-refractivity contribution in [3.63, 3.8) is 0 Å². The summed E-state index contributed by atoms with van der Waals surface area (Å²) in [7, 11) is 9.26. The minimum absolute atomic E-state index is 0.299. The van der Waals surface area contributed by atoms with Gasteiger partial charge in [-0.3, -0.25) is 4.99 Å². The first-order valence-electron chi connectivity index (χ1n) is 22.0. The number of nitrogens with zero attached hydrogens (tertiary/aromatic N) is 1.